The second-order valence-corrected chi connectivity index (χ2v) is 3.89. The molecule has 1 aromatic rings. The smallest absolute Gasteiger partial charge is 0.364 e. The number of hydrogen-bond acceptors (Lipinski definition) is 1. The van der Waals surface area contributed by atoms with Crippen LogP contribution in [0.5, 0.6) is 0 Å². The largest absolute Gasteiger partial charge is 0.390 e. The highest BCUT2D eigenvalue weighted by atomic mass is 19.4. The zero-order chi connectivity index (χ0) is 13.6. The van der Waals surface area contributed by atoms with E-state index in [2.05, 4.69) is 15.3 Å². The fourth-order valence-corrected chi connectivity index (χ4v) is 1.50. The molecule has 18 heavy (non-hydrogen) atoms. The number of H-pyrrole nitrogens is 1. The predicted octanol–water partition coefficient (Wildman–Crippen LogP) is 1.97. The van der Waals surface area contributed by atoms with Gasteiger partial charge in [-0.15, -0.1) is 0 Å². The SMILES string of the molecule is CN=C(NCCC(F)(F)F)N(C)Cc1ccc[nH]1. The van der Waals surface area contributed by atoms with Crippen LogP contribution in [-0.2, 0) is 6.54 Å². The number of aromatic amines is 1. The van der Waals surface area contributed by atoms with Gasteiger partial charge in [0.05, 0.1) is 13.0 Å². The van der Waals surface area contributed by atoms with Crippen LogP contribution in [-0.4, -0.2) is 42.7 Å². The first-order valence-corrected chi connectivity index (χ1v) is 5.53. The number of guanidine groups is 1. The van der Waals surface area contributed by atoms with Crippen LogP contribution in [0.1, 0.15) is 12.1 Å². The molecule has 2 N–H and O–H groups in total. The van der Waals surface area contributed by atoms with Gasteiger partial charge in [-0.05, 0) is 12.1 Å². The van der Waals surface area contributed by atoms with Crippen LogP contribution >= 0.6 is 0 Å². The Hall–Kier alpha value is -1.66. The zero-order valence-corrected chi connectivity index (χ0v) is 10.4. The van der Waals surface area contributed by atoms with Crippen LogP contribution in [0.4, 0.5) is 13.2 Å². The number of hydrogen-bond donors (Lipinski definition) is 2. The highest BCUT2D eigenvalue weighted by molar-refractivity contribution is 5.79. The normalized spacial score (nSPS) is 12.6. The molecule has 1 aromatic heterocycles. The van der Waals surface area contributed by atoms with Gasteiger partial charge in [-0.1, -0.05) is 0 Å². The molecular formula is C11H17F3N4. The Labute approximate surface area is 104 Å². The quantitative estimate of drug-likeness (QED) is 0.643. The molecule has 0 fully saturated rings. The van der Waals surface area contributed by atoms with Crippen molar-refractivity contribution < 1.29 is 13.2 Å². The molecule has 0 aliphatic carbocycles. The standard InChI is InChI=1S/C11H17F3N4/c1-15-10(17-7-5-11(12,13)14)18(2)8-9-4-3-6-16-9/h3-4,6,16H,5,7-8H2,1-2H3,(H,15,17). The molecule has 0 saturated carbocycles. The number of rotatable bonds is 4. The van der Waals surface area contributed by atoms with Crippen molar-refractivity contribution in [2.45, 2.75) is 19.1 Å². The molecule has 0 unspecified atom stereocenters. The molecule has 0 aliphatic heterocycles. The molecule has 102 valence electrons. The first-order chi connectivity index (χ1) is 8.42. The second-order valence-electron chi connectivity index (χ2n) is 3.89. The van der Waals surface area contributed by atoms with Crippen LogP contribution < -0.4 is 5.32 Å². The zero-order valence-electron chi connectivity index (χ0n) is 10.4. The maximum Gasteiger partial charge on any atom is 0.390 e. The minimum atomic E-state index is -4.15. The lowest BCUT2D eigenvalue weighted by molar-refractivity contribution is -0.132. The van der Waals surface area contributed by atoms with Gasteiger partial charge in [0, 0.05) is 32.5 Å². The molecule has 0 saturated heterocycles. The van der Waals surface area contributed by atoms with Gasteiger partial charge in [-0.25, -0.2) is 0 Å². The Balaban J connectivity index is 2.41. The summed E-state index contributed by atoms with van der Waals surface area (Å²) in [6.07, 6.45) is -3.23. The lowest BCUT2D eigenvalue weighted by atomic mass is 10.4. The summed E-state index contributed by atoms with van der Waals surface area (Å²) in [5.41, 5.74) is 0.969. The van der Waals surface area contributed by atoms with Crippen LogP contribution in [0.3, 0.4) is 0 Å². The van der Waals surface area contributed by atoms with Gasteiger partial charge in [0.25, 0.3) is 0 Å². The molecule has 1 rings (SSSR count). The minimum absolute atomic E-state index is 0.175. The number of nitrogens with zero attached hydrogens (tertiary/aromatic N) is 2. The molecule has 0 aromatic carbocycles. The summed E-state index contributed by atoms with van der Waals surface area (Å²) in [5, 5.41) is 2.68. The molecule has 0 spiro atoms. The molecular weight excluding hydrogens is 245 g/mol. The van der Waals surface area contributed by atoms with Crippen molar-refractivity contribution >= 4 is 5.96 Å². The van der Waals surface area contributed by atoms with Crippen molar-refractivity contribution in [1.29, 1.82) is 0 Å². The van der Waals surface area contributed by atoms with Crippen LogP contribution in [0.15, 0.2) is 23.3 Å². The summed E-state index contributed by atoms with van der Waals surface area (Å²) in [5.74, 6) is 0.439. The molecule has 0 amide bonds. The number of halogens is 3. The van der Waals surface area contributed by atoms with Gasteiger partial charge < -0.3 is 15.2 Å². The minimum Gasteiger partial charge on any atom is -0.364 e. The molecule has 1 heterocycles. The molecule has 4 nitrogen and oxygen atoms in total. The van der Waals surface area contributed by atoms with Gasteiger partial charge >= 0.3 is 6.18 Å². The fourth-order valence-electron chi connectivity index (χ4n) is 1.50. The Bertz CT molecular complexity index is 370. The lowest BCUT2D eigenvalue weighted by Gasteiger charge is -2.21. The topological polar surface area (TPSA) is 43.4 Å². The third-order valence-electron chi connectivity index (χ3n) is 2.33. The number of alkyl halides is 3. The van der Waals surface area contributed by atoms with E-state index in [1.54, 1.807) is 25.2 Å². The van der Waals surface area contributed by atoms with E-state index in [1.165, 1.54) is 0 Å². The van der Waals surface area contributed by atoms with E-state index < -0.39 is 12.6 Å². The van der Waals surface area contributed by atoms with Crippen molar-refractivity contribution in [3.05, 3.63) is 24.0 Å². The van der Waals surface area contributed by atoms with Gasteiger partial charge in [0.2, 0.25) is 0 Å². The maximum absolute atomic E-state index is 12.0. The average Bonchev–Trinajstić information content (AvgIpc) is 2.75. The highest BCUT2D eigenvalue weighted by Gasteiger charge is 2.26. The van der Waals surface area contributed by atoms with E-state index in [0.717, 1.165) is 5.69 Å². The number of aromatic nitrogens is 1. The Morgan fingerprint density at radius 1 is 1.50 bits per heavy atom. The lowest BCUT2D eigenvalue weighted by Crippen LogP contribution is -2.39. The van der Waals surface area contributed by atoms with Crippen molar-refractivity contribution in [1.82, 2.24) is 15.2 Å². The molecule has 0 aliphatic rings. The van der Waals surface area contributed by atoms with Crippen LogP contribution in [0.2, 0.25) is 0 Å². The molecule has 0 radical (unpaired) electrons. The van der Waals surface area contributed by atoms with Crippen molar-refractivity contribution in [3.8, 4) is 0 Å². The first kappa shape index (κ1) is 14.4. The van der Waals surface area contributed by atoms with Gasteiger partial charge in [0.15, 0.2) is 5.96 Å². The van der Waals surface area contributed by atoms with E-state index in [1.807, 2.05) is 12.1 Å². The van der Waals surface area contributed by atoms with E-state index in [-0.39, 0.29) is 6.54 Å². The third-order valence-corrected chi connectivity index (χ3v) is 2.33. The van der Waals surface area contributed by atoms with E-state index in [0.29, 0.717) is 12.5 Å². The number of aliphatic imine (C=N–C) groups is 1. The number of nitrogens with one attached hydrogen (secondary N) is 2. The third kappa shape index (κ3) is 5.11. The Kier molecular flexibility index (Phi) is 5.06. The van der Waals surface area contributed by atoms with Gasteiger partial charge in [0.1, 0.15) is 0 Å². The first-order valence-electron chi connectivity index (χ1n) is 5.53. The van der Waals surface area contributed by atoms with Crippen molar-refractivity contribution in [3.63, 3.8) is 0 Å². The Morgan fingerprint density at radius 2 is 2.22 bits per heavy atom. The molecule has 7 heteroatoms. The average molecular weight is 262 g/mol. The van der Waals surface area contributed by atoms with E-state index in [9.17, 15) is 13.2 Å². The Morgan fingerprint density at radius 3 is 2.72 bits per heavy atom. The summed E-state index contributed by atoms with van der Waals surface area (Å²) >= 11 is 0. The molecule has 0 bridgehead atoms. The van der Waals surface area contributed by atoms with Crippen molar-refractivity contribution in [2.24, 2.45) is 4.99 Å². The maximum atomic E-state index is 12.0. The monoisotopic (exact) mass is 262 g/mol. The van der Waals surface area contributed by atoms with Gasteiger partial charge in [-0.3, -0.25) is 4.99 Å². The molecule has 0 atom stereocenters. The van der Waals surface area contributed by atoms with Crippen LogP contribution in [0.25, 0.3) is 0 Å². The summed E-state index contributed by atoms with van der Waals surface area (Å²) in [7, 11) is 3.31. The van der Waals surface area contributed by atoms with Gasteiger partial charge in [-0.2, -0.15) is 13.2 Å². The van der Waals surface area contributed by atoms with Crippen LogP contribution in [0, 0.1) is 0 Å². The highest BCUT2D eigenvalue weighted by Crippen LogP contribution is 2.18. The fraction of sp³-hybridized carbons (Fsp3) is 0.545. The summed E-state index contributed by atoms with van der Waals surface area (Å²) in [6.45, 7) is 0.379. The summed E-state index contributed by atoms with van der Waals surface area (Å²) in [6, 6.07) is 3.77. The summed E-state index contributed by atoms with van der Waals surface area (Å²) in [4.78, 5) is 8.71. The van der Waals surface area contributed by atoms with E-state index in [4.69, 9.17) is 0 Å². The van der Waals surface area contributed by atoms with Crippen molar-refractivity contribution in [2.75, 3.05) is 20.6 Å². The second kappa shape index (κ2) is 6.32. The summed E-state index contributed by atoms with van der Waals surface area (Å²) < 4.78 is 36.1. The van der Waals surface area contributed by atoms with E-state index >= 15 is 0 Å². The predicted molar refractivity (Wildman–Crippen MR) is 64.3 cm³/mol.